The minimum atomic E-state index is -1.56. The number of ether oxygens (including phenoxy) is 2. The number of anilines is 1. The number of nitrogens with zero attached hydrogens (tertiary/aromatic N) is 2. The second-order valence-corrected chi connectivity index (χ2v) is 4.90. The van der Waals surface area contributed by atoms with Crippen LogP contribution in [0.4, 0.5) is 11.4 Å². The monoisotopic (exact) mass is 283 g/mol. The number of quaternary nitrogens is 1. The first kappa shape index (κ1) is 15.0. The highest BCUT2D eigenvalue weighted by atomic mass is 16.8. The van der Waals surface area contributed by atoms with Crippen LogP contribution in [0.15, 0.2) is 18.2 Å². The summed E-state index contributed by atoms with van der Waals surface area (Å²) < 4.78 is 10.9. The zero-order valence-electron chi connectivity index (χ0n) is 11.6. The number of rotatable bonds is 5. The minimum Gasteiger partial charge on any atom is -0.593 e. The second-order valence-electron chi connectivity index (χ2n) is 4.90. The molecule has 7 nitrogen and oxygen atoms in total. The van der Waals surface area contributed by atoms with Crippen molar-refractivity contribution >= 4 is 11.4 Å². The molecule has 1 heterocycles. The molecule has 0 saturated carbocycles. The van der Waals surface area contributed by atoms with E-state index >= 15 is 0 Å². The Kier molecular flexibility index (Phi) is 4.79. The van der Waals surface area contributed by atoms with E-state index in [1.807, 2.05) is 0 Å². The van der Waals surface area contributed by atoms with Crippen LogP contribution < -0.4 is 15.3 Å². The molecule has 1 aliphatic rings. The molecule has 1 unspecified atom stereocenters. The number of nitrogen functional groups attached to an aromatic ring is 1. The van der Waals surface area contributed by atoms with E-state index < -0.39 is 4.81 Å². The molecular weight excluding hydrogens is 262 g/mol. The van der Waals surface area contributed by atoms with E-state index in [1.165, 1.54) is 6.07 Å². The van der Waals surface area contributed by atoms with Gasteiger partial charge in [-0.05, 0) is 12.1 Å². The molecule has 1 fully saturated rings. The molecule has 1 aromatic rings. The Morgan fingerprint density at radius 3 is 2.80 bits per heavy atom. The number of benzene rings is 1. The first-order valence-electron chi connectivity index (χ1n) is 6.60. The molecule has 0 aromatic heterocycles. The maximum absolute atomic E-state index is 11.5. The topological polar surface area (TPSA) is 91.0 Å². The lowest BCUT2D eigenvalue weighted by Crippen LogP contribution is -2.38. The van der Waals surface area contributed by atoms with Crippen molar-refractivity contribution in [2.75, 3.05) is 52.2 Å². The molecule has 1 atom stereocenters. The number of hydrogen-bond donors (Lipinski definition) is 2. The molecule has 7 heteroatoms. The highest BCUT2D eigenvalue weighted by molar-refractivity contribution is 5.66. The number of morpholine rings is 1. The van der Waals surface area contributed by atoms with Crippen LogP contribution in [0.3, 0.4) is 0 Å². The Balaban J connectivity index is 1.89. The molecule has 1 saturated heterocycles. The van der Waals surface area contributed by atoms with E-state index in [-0.39, 0.29) is 11.4 Å². The Hall–Kier alpha value is -1.38. The summed E-state index contributed by atoms with van der Waals surface area (Å²) in [5.74, 6) is 0.525. The lowest BCUT2D eigenvalue weighted by atomic mass is 10.2. The summed E-state index contributed by atoms with van der Waals surface area (Å²) in [7, 11) is 1.10. The van der Waals surface area contributed by atoms with Gasteiger partial charge in [0.1, 0.15) is 19.4 Å². The maximum Gasteiger partial charge on any atom is 0.192 e. The molecule has 112 valence electrons. The van der Waals surface area contributed by atoms with Crippen LogP contribution in [0.25, 0.3) is 0 Å². The summed E-state index contributed by atoms with van der Waals surface area (Å²) >= 11 is 0. The van der Waals surface area contributed by atoms with Gasteiger partial charge in [-0.2, -0.15) is 4.81 Å². The first-order valence-corrected chi connectivity index (χ1v) is 6.60. The number of hydroxylamine groups is 2. The summed E-state index contributed by atoms with van der Waals surface area (Å²) in [6.45, 7) is 4.62. The molecule has 2 rings (SSSR count). The van der Waals surface area contributed by atoms with Gasteiger partial charge in [0.15, 0.2) is 5.69 Å². The van der Waals surface area contributed by atoms with Gasteiger partial charge in [0.2, 0.25) is 0 Å². The Morgan fingerprint density at radius 2 is 2.15 bits per heavy atom. The van der Waals surface area contributed by atoms with E-state index in [4.69, 9.17) is 15.2 Å². The molecule has 1 aliphatic heterocycles. The minimum absolute atomic E-state index is 0.0777. The summed E-state index contributed by atoms with van der Waals surface area (Å²) in [5.41, 5.74) is 5.99. The van der Waals surface area contributed by atoms with Gasteiger partial charge in [-0.1, -0.05) is 0 Å². The predicted molar refractivity (Wildman–Crippen MR) is 76.5 cm³/mol. The third-order valence-corrected chi connectivity index (χ3v) is 3.23. The quantitative estimate of drug-likeness (QED) is 0.472. The van der Waals surface area contributed by atoms with Crippen molar-refractivity contribution in [3.05, 3.63) is 23.4 Å². The average molecular weight is 283 g/mol. The largest absolute Gasteiger partial charge is 0.593 e. The molecule has 3 N–H and O–H groups in total. The van der Waals surface area contributed by atoms with Crippen molar-refractivity contribution in [3.8, 4) is 5.75 Å². The van der Waals surface area contributed by atoms with Crippen molar-refractivity contribution in [2.45, 2.75) is 0 Å². The lowest BCUT2D eigenvalue weighted by molar-refractivity contribution is -0.00401. The van der Waals surface area contributed by atoms with Crippen LogP contribution in [0, 0.1) is 5.21 Å². The Labute approximate surface area is 118 Å². The van der Waals surface area contributed by atoms with E-state index in [0.717, 1.165) is 39.9 Å². The number of hydrogen-bond acceptors (Lipinski definition) is 6. The lowest BCUT2D eigenvalue weighted by Gasteiger charge is -2.29. The van der Waals surface area contributed by atoms with Crippen LogP contribution in [0.1, 0.15) is 0 Å². The van der Waals surface area contributed by atoms with E-state index in [2.05, 4.69) is 4.90 Å². The fourth-order valence-electron chi connectivity index (χ4n) is 2.09. The summed E-state index contributed by atoms with van der Waals surface area (Å²) in [6, 6.07) is 4.72. The molecular formula is C13H21N3O4. The molecule has 20 heavy (non-hydrogen) atoms. The summed E-state index contributed by atoms with van der Waals surface area (Å²) in [5, 5.41) is 21.0. The molecule has 0 bridgehead atoms. The van der Waals surface area contributed by atoms with Crippen molar-refractivity contribution in [2.24, 2.45) is 0 Å². The summed E-state index contributed by atoms with van der Waals surface area (Å²) in [4.78, 5) is 0.689. The maximum atomic E-state index is 11.5. The van der Waals surface area contributed by atoms with E-state index in [0.29, 0.717) is 12.4 Å². The standard InChI is InChI=1S/C13H21N3O4/c1-16(17,18)13-10-11(2-3-12(13)14)20-9-6-15-4-7-19-8-5-15/h2-3,10,17H,4-9,14H2,1H3. The number of nitrogens with two attached hydrogens (primary N) is 1. The Morgan fingerprint density at radius 1 is 1.45 bits per heavy atom. The van der Waals surface area contributed by atoms with Crippen molar-refractivity contribution < 1.29 is 14.7 Å². The van der Waals surface area contributed by atoms with Gasteiger partial charge in [-0.15, -0.1) is 0 Å². The fraction of sp³-hybridized carbons (Fsp3) is 0.538. The SMILES string of the molecule is C[N+]([O-])(O)c1cc(OCCN2CCOCC2)ccc1N. The molecule has 0 aliphatic carbocycles. The zero-order valence-corrected chi connectivity index (χ0v) is 11.6. The van der Waals surface area contributed by atoms with Crippen molar-refractivity contribution in [3.63, 3.8) is 0 Å². The van der Waals surface area contributed by atoms with Gasteiger partial charge >= 0.3 is 0 Å². The third-order valence-electron chi connectivity index (χ3n) is 3.23. The van der Waals surface area contributed by atoms with Gasteiger partial charge in [-0.3, -0.25) is 4.90 Å². The van der Waals surface area contributed by atoms with Crippen LogP contribution >= 0.6 is 0 Å². The third kappa shape index (κ3) is 4.06. The van der Waals surface area contributed by atoms with Gasteiger partial charge in [-0.25, -0.2) is 5.21 Å². The fourth-order valence-corrected chi connectivity index (χ4v) is 2.09. The molecule has 0 amide bonds. The summed E-state index contributed by atoms with van der Waals surface area (Å²) in [6.07, 6.45) is 0. The highest BCUT2D eigenvalue weighted by Gasteiger charge is 2.17. The molecule has 0 radical (unpaired) electrons. The van der Waals surface area contributed by atoms with Gasteiger partial charge in [0.05, 0.1) is 18.9 Å². The molecule has 1 aromatic carbocycles. The van der Waals surface area contributed by atoms with Crippen LogP contribution in [0.2, 0.25) is 0 Å². The zero-order chi connectivity index (χ0) is 14.6. The Bertz CT molecular complexity index is 442. The van der Waals surface area contributed by atoms with Crippen molar-refractivity contribution in [1.29, 1.82) is 0 Å². The normalized spacial score (nSPS) is 19.6. The average Bonchev–Trinajstić information content (AvgIpc) is 2.40. The van der Waals surface area contributed by atoms with E-state index in [9.17, 15) is 10.4 Å². The van der Waals surface area contributed by atoms with Crippen LogP contribution in [0.5, 0.6) is 5.75 Å². The first-order chi connectivity index (χ1) is 9.47. The smallest absolute Gasteiger partial charge is 0.192 e. The predicted octanol–water partition coefficient (Wildman–Crippen LogP) is 0.804. The second kappa shape index (κ2) is 6.38. The van der Waals surface area contributed by atoms with Gasteiger partial charge in [0, 0.05) is 25.7 Å². The van der Waals surface area contributed by atoms with Gasteiger partial charge in [0.25, 0.3) is 0 Å². The van der Waals surface area contributed by atoms with E-state index in [1.54, 1.807) is 12.1 Å². The van der Waals surface area contributed by atoms with Gasteiger partial charge < -0.3 is 20.4 Å². The molecule has 0 spiro atoms. The van der Waals surface area contributed by atoms with Crippen LogP contribution in [-0.2, 0) is 4.74 Å². The van der Waals surface area contributed by atoms with Crippen LogP contribution in [-0.4, -0.2) is 56.6 Å². The van der Waals surface area contributed by atoms with Crippen molar-refractivity contribution in [1.82, 2.24) is 9.71 Å². The highest BCUT2D eigenvalue weighted by Crippen LogP contribution is 2.30.